The fourth-order valence-corrected chi connectivity index (χ4v) is 2.18. The van der Waals surface area contributed by atoms with E-state index >= 15 is 0 Å². The van der Waals surface area contributed by atoms with E-state index in [1.807, 2.05) is 0 Å². The predicted octanol–water partition coefficient (Wildman–Crippen LogP) is 2.91. The van der Waals surface area contributed by atoms with Gasteiger partial charge in [-0.05, 0) is 36.8 Å². The number of carbonyl (C=O) groups is 2. The Kier molecular flexibility index (Phi) is 5.63. The summed E-state index contributed by atoms with van der Waals surface area (Å²) in [6.07, 6.45) is 0. The Balaban J connectivity index is 1.96. The Morgan fingerprint density at radius 2 is 1.75 bits per heavy atom. The van der Waals surface area contributed by atoms with Gasteiger partial charge in [-0.2, -0.15) is 0 Å². The number of carbonyl (C=O) groups excluding carboxylic acids is 2. The number of hydrogen-bond acceptors (Lipinski definition) is 2. The molecule has 4 nitrogen and oxygen atoms in total. The molecule has 0 heterocycles. The molecule has 2 rings (SSSR count). The Bertz CT molecular complexity index is 735. The van der Waals surface area contributed by atoms with Crippen LogP contribution in [-0.2, 0) is 4.79 Å². The molecule has 2 amide bonds. The maximum absolute atomic E-state index is 13.3. The first kappa shape index (κ1) is 17.6. The van der Waals surface area contributed by atoms with Crippen LogP contribution in [0.25, 0.3) is 0 Å². The highest BCUT2D eigenvalue weighted by Gasteiger charge is 2.19. The van der Waals surface area contributed by atoms with Crippen LogP contribution >= 0.6 is 0 Å². The molecule has 0 radical (unpaired) electrons. The summed E-state index contributed by atoms with van der Waals surface area (Å²) in [5, 5.41) is 2.54. The molecule has 0 aliphatic carbocycles. The second kappa shape index (κ2) is 7.68. The van der Waals surface area contributed by atoms with Gasteiger partial charge in [-0.3, -0.25) is 9.59 Å². The predicted molar refractivity (Wildman–Crippen MR) is 86.3 cm³/mol. The van der Waals surface area contributed by atoms with Crippen molar-refractivity contribution in [1.82, 2.24) is 10.2 Å². The van der Waals surface area contributed by atoms with Crippen LogP contribution in [-0.4, -0.2) is 30.3 Å². The van der Waals surface area contributed by atoms with E-state index in [9.17, 15) is 18.4 Å². The van der Waals surface area contributed by atoms with Gasteiger partial charge in [0, 0.05) is 12.6 Å². The number of benzene rings is 2. The van der Waals surface area contributed by atoms with E-state index in [1.54, 1.807) is 44.3 Å². The summed E-state index contributed by atoms with van der Waals surface area (Å²) in [4.78, 5) is 25.5. The molecule has 0 saturated carbocycles. The monoisotopic (exact) mass is 332 g/mol. The zero-order valence-electron chi connectivity index (χ0n) is 13.4. The summed E-state index contributed by atoms with van der Waals surface area (Å²) in [5.41, 5.74) is 0.931. The van der Waals surface area contributed by atoms with E-state index in [0.717, 1.165) is 12.1 Å². The molecule has 1 atom stereocenters. The number of rotatable bonds is 5. The molecule has 0 saturated heterocycles. The maximum Gasteiger partial charge on any atom is 0.251 e. The first-order chi connectivity index (χ1) is 11.4. The summed E-state index contributed by atoms with van der Waals surface area (Å²) < 4.78 is 26.3. The van der Waals surface area contributed by atoms with Crippen LogP contribution in [0.1, 0.15) is 28.9 Å². The van der Waals surface area contributed by atoms with Gasteiger partial charge in [-0.25, -0.2) is 8.78 Å². The van der Waals surface area contributed by atoms with Crippen LogP contribution in [0.3, 0.4) is 0 Å². The average Bonchev–Trinajstić information content (AvgIpc) is 2.61. The standard InChI is InChI=1S/C18H18F2N2O2/c1-12(14-8-9-15(19)16(20)10-14)22(2)17(23)11-21-18(24)13-6-4-3-5-7-13/h3-10,12H,11H2,1-2H3,(H,21,24). The molecule has 0 aromatic heterocycles. The highest BCUT2D eigenvalue weighted by molar-refractivity contribution is 5.96. The molecule has 0 bridgehead atoms. The van der Waals surface area contributed by atoms with E-state index in [0.29, 0.717) is 11.1 Å². The quantitative estimate of drug-likeness (QED) is 0.915. The lowest BCUT2D eigenvalue weighted by atomic mass is 10.1. The third kappa shape index (κ3) is 4.16. The minimum atomic E-state index is -0.961. The number of halogens is 2. The first-order valence-electron chi connectivity index (χ1n) is 7.44. The summed E-state index contributed by atoms with van der Waals surface area (Å²) in [5.74, 6) is -2.58. The fraction of sp³-hybridized carbons (Fsp3) is 0.222. The molecule has 6 heteroatoms. The first-order valence-corrected chi connectivity index (χ1v) is 7.44. The van der Waals surface area contributed by atoms with Crippen molar-refractivity contribution in [3.8, 4) is 0 Å². The molecule has 126 valence electrons. The summed E-state index contributed by atoms with van der Waals surface area (Å²) in [7, 11) is 1.54. The lowest BCUT2D eigenvalue weighted by Gasteiger charge is -2.25. The minimum absolute atomic E-state index is 0.182. The van der Waals surface area contributed by atoms with Crippen molar-refractivity contribution in [2.45, 2.75) is 13.0 Å². The van der Waals surface area contributed by atoms with Gasteiger partial charge < -0.3 is 10.2 Å². The van der Waals surface area contributed by atoms with Gasteiger partial charge in [-0.1, -0.05) is 24.3 Å². The van der Waals surface area contributed by atoms with Crippen molar-refractivity contribution < 1.29 is 18.4 Å². The second-order valence-corrected chi connectivity index (χ2v) is 5.40. The Hall–Kier alpha value is -2.76. The van der Waals surface area contributed by atoms with E-state index in [4.69, 9.17) is 0 Å². The smallest absolute Gasteiger partial charge is 0.251 e. The average molecular weight is 332 g/mol. The maximum atomic E-state index is 13.3. The summed E-state index contributed by atoms with van der Waals surface area (Å²) in [6.45, 7) is 1.52. The number of likely N-dealkylation sites (N-methyl/N-ethyl adjacent to an activating group) is 1. The molecule has 2 aromatic rings. The molecule has 0 aliphatic heterocycles. The Morgan fingerprint density at radius 1 is 1.08 bits per heavy atom. The van der Waals surface area contributed by atoms with E-state index in [2.05, 4.69) is 5.32 Å². The summed E-state index contributed by atoms with van der Waals surface area (Å²) >= 11 is 0. The Labute approximate surface area is 139 Å². The normalized spacial score (nSPS) is 11.7. The van der Waals surface area contributed by atoms with Crippen molar-refractivity contribution in [1.29, 1.82) is 0 Å². The molecule has 2 aromatic carbocycles. The van der Waals surface area contributed by atoms with Crippen molar-refractivity contribution in [3.05, 3.63) is 71.3 Å². The van der Waals surface area contributed by atoms with Gasteiger partial charge in [0.1, 0.15) is 0 Å². The second-order valence-electron chi connectivity index (χ2n) is 5.40. The lowest BCUT2D eigenvalue weighted by molar-refractivity contribution is -0.130. The van der Waals surface area contributed by atoms with Gasteiger partial charge in [0.15, 0.2) is 11.6 Å². The van der Waals surface area contributed by atoms with Crippen molar-refractivity contribution in [2.24, 2.45) is 0 Å². The van der Waals surface area contributed by atoms with Crippen LogP contribution in [0.4, 0.5) is 8.78 Å². The number of nitrogens with zero attached hydrogens (tertiary/aromatic N) is 1. The molecule has 0 aliphatic rings. The van der Waals surface area contributed by atoms with Gasteiger partial charge in [0.25, 0.3) is 5.91 Å². The zero-order chi connectivity index (χ0) is 17.7. The number of nitrogens with one attached hydrogen (secondary N) is 1. The minimum Gasteiger partial charge on any atom is -0.343 e. The number of amides is 2. The lowest BCUT2D eigenvalue weighted by Crippen LogP contribution is -2.39. The van der Waals surface area contributed by atoms with E-state index < -0.39 is 17.7 Å². The zero-order valence-corrected chi connectivity index (χ0v) is 13.4. The van der Waals surface area contributed by atoms with Crippen molar-refractivity contribution >= 4 is 11.8 Å². The molecule has 1 unspecified atom stereocenters. The molecule has 0 fully saturated rings. The van der Waals surface area contributed by atoms with E-state index in [-0.39, 0.29) is 18.4 Å². The fourth-order valence-electron chi connectivity index (χ4n) is 2.18. The van der Waals surface area contributed by atoms with Crippen LogP contribution in [0.15, 0.2) is 48.5 Å². The highest BCUT2D eigenvalue weighted by Crippen LogP contribution is 2.20. The van der Waals surface area contributed by atoms with Gasteiger partial charge in [0.05, 0.1) is 12.6 Å². The molecule has 1 N–H and O–H groups in total. The van der Waals surface area contributed by atoms with Crippen LogP contribution in [0, 0.1) is 11.6 Å². The van der Waals surface area contributed by atoms with Crippen LogP contribution in [0.2, 0.25) is 0 Å². The van der Waals surface area contributed by atoms with Crippen LogP contribution in [0.5, 0.6) is 0 Å². The topological polar surface area (TPSA) is 49.4 Å². The third-order valence-corrected chi connectivity index (χ3v) is 3.84. The van der Waals surface area contributed by atoms with Crippen LogP contribution < -0.4 is 5.32 Å². The molecular weight excluding hydrogens is 314 g/mol. The highest BCUT2D eigenvalue weighted by atomic mass is 19.2. The Morgan fingerprint density at radius 3 is 2.38 bits per heavy atom. The van der Waals surface area contributed by atoms with E-state index in [1.165, 1.54) is 11.0 Å². The number of hydrogen-bond donors (Lipinski definition) is 1. The molecular formula is C18H18F2N2O2. The summed E-state index contributed by atoms with van der Waals surface area (Å²) in [6, 6.07) is 11.6. The van der Waals surface area contributed by atoms with Crippen molar-refractivity contribution in [2.75, 3.05) is 13.6 Å². The SMILES string of the molecule is CC(c1ccc(F)c(F)c1)N(C)C(=O)CNC(=O)c1ccccc1. The van der Waals surface area contributed by atoms with Gasteiger partial charge in [0.2, 0.25) is 5.91 Å². The molecule has 0 spiro atoms. The van der Waals surface area contributed by atoms with Crippen molar-refractivity contribution in [3.63, 3.8) is 0 Å². The van der Waals surface area contributed by atoms with Gasteiger partial charge >= 0.3 is 0 Å². The molecule has 24 heavy (non-hydrogen) atoms. The largest absolute Gasteiger partial charge is 0.343 e. The third-order valence-electron chi connectivity index (χ3n) is 3.84. The van der Waals surface area contributed by atoms with Gasteiger partial charge in [-0.15, -0.1) is 0 Å².